The molecule has 0 aromatic heterocycles. The molecule has 0 N–H and O–H groups in total. The summed E-state index contributed by atoms with van der Waals surface area (Å²) in [5, 5.41) is 0. The predicted molar refractivity (Wildman–Crippen MR) is 517 cm³/mol. The smallest absolute Gasteiger partial charge is 0.419 e. The van der Waals surface area contributed by atoms with E-state index in [2.05, 4.69) is 203 Å². The average molecular weight is 1820 g/mol. The van der Waals surface area contributed by atoms with Gasteiger partial charge in [-0.3, -0.25) is 4.79 Å². The molecule has 6 aromatic carbocycles. The van der Waals surface area contributed by atoms with Gasteiger partial charge in [0.05, 0.1) is 63.3 Å². The molecule has 0 heterocycles. The first-order valence-corrected chi connectivity index (χ1v) is 48.5. The van der Waals surface area contributed by atoms with Crippen LogP contribution in [-0.4, -0.2) is 138 Å². The minimum atomic E-state index is -4.94. The quantitative estimate of drug-likeness (QED) is 0.0204. The Hall–Kier alpha value is -6.75. The molecule has 14 nitrogen and oxygen atoms in total. The Morgan fingerprint density at radius 2 is 0.643 bits per heavy atom. The summed E-state index contributed by atoms with van der Waals surface area (Å²) in [5.41, 5.74) is 3.76. The first-order valence-electron chi connectivity index (χ1n) is 48.5. The van der Waals surface area contributed by atoms with Crippen molar-refractivity contribution in [3.8, 4) is 23.0 Å². The van der Waals surface area contributed by atoms with Gasteiger partial charge in [-0.05, 0) is 180 Å². The summed E-state index contributed by atoms with van der Waals surface area (Å²) in [6, 6.07) is 47.5. The number of hydrogen-bond acceptors (Lipinski definition) is 14. The topological polar surface area (TPSA) is 137 Å². The van der Waals surface area contributed by atoms with E-state index in [1.807, 2.05) is 68.4 Å². The van der Waals surface area contributed by atoms with E-state index in [0.29, 0.717) is 131 Å². The molecule has 734 valence electrons. The van der Waals surface area contributed by atoms with Crippen LogP contribution in [-0.2, 0) is 72.8 Å². The predicted octanol–water partition coefficient (Wildman–Crippen LogP) is 29.1. The zero-order chi connectivity index (χ0) is 95.5. The Morgan fingerprint density at radius 1 is 0.310 bits per heavy atom. The molecule has 3 aliphatic carbocycles. The van der Waals surface area contributed by atoms with Gasteiger partial charge in [0.1, 0.15) is 56.0 Å². The Bertz CT molecular complexity index is 3520. The third-order valence-electron chi connectivity index (χ3n) is 20.2. The van der Waals surface area contributed by atoms with Crippen molar-refractivity contribution in [2.24, 2.45) is 59.2 Å². The van der Waals surface area contributed by atoms with Gasteiger partial charge < -0.3 is 61.6 Å². The molecule has 0 spiro atoms. The van der Waals surface area contributed by atoms with Crippen LogP contribution in [0.25, 0.3) is 0 Å². The first-order chi connectivity index (χ1) is 61.6. The van der Waals surface area contributed by atoms with Gasteiger partial charge in [-0.1, -0.05) is 312 Å². The van der Waals surface area contributed by atoms with Gasteiger partial charge in [0.15, 0.2) is 0 Å². The molecule has 0 unspecified atom stereocenters. The van der Waals surface area contributed by atoms with Crippen LogP contribution in [0.15, 0.2) is 152 Å². The second-order valence-corrected chi connectivity index (χ2v) is 37.7. The Kier molecular flexibility index (Phi) is 66.7. The number of carbonyl (C=O) groups is 1. The van der Waals surface area contributed by atoms with Crippen LogP contribution in [0.1, 0.15) is 291 Å². The molecule has 129 heavy (non-hydrogen) atoms. The van der Waals surface area contributed by atoms with Crippen LogP contribution in [0, 0.1) is 59.2 Å². The molecule has 3 aliphatic rings. The second kappa shape index (κ2) is 72.7. The number of esters is 1. The van der Waals surface area contributed by atoms with E-state index in [1.165, 1.54) is 111 Å². The Morgan fingerprint density at radius 3 is 1.05 bits per heavy atom. The van der Waals surface area contributed by atoms with Crippen molar-refractivity contribution >= 4 is 5.97 Å². The van der Waals surface area contributed by atoms with E-state index in [4.69, 9.17) is 61.6 Å². The molecule has 0 bridgehead atoms. The summed E-state index contributed by atoms with van der Waals surface area (Å²) in [7, 11) is 0. The normalized spacial score (nSPS) is 13.8. The van der Waals surface area contributed by atoms with Crippen LogP contribution in [0.2, 0.25) is 0 Å². The molecule has 0 radical (unpaired) electrons. The monoisotopic (exact) mass is 1820 g/mol. The standard InChI is InChI=1S/C18H28O2.C18H30O2.C14H16F6O2.C13H24O3.C12H18O2.C12H18O.C11H22O.C11H16O/c1-15(2)14-19-12-13-20-18-10-8-17(9-11-18)16-6-4-3-5-7-16;1-13(2)12-19-10-11-20-18-16(14(3)4)8-7-9-17(18)15(5)6;1-9(2)8-21-6-7-22-12-10(13(15,16)17)4-3-5-11(12)14(18,19)20;1-11(2)10-15-8-9-16-13(14)12-6-4-3-5-7-12;1-11(2)10-13-8-9-14-12-6-4-3-5-7-12;1-11(2)10-13-9-8-12-6-4-3-5-7-12;2*1-10(2)8-12-9-11-6-4-3-5-7-11/h8-11,15-16H,3-7,12-14H2,1-2H3;7-9,13-15H,10-12H2,1-6H3;3-5,9H,6-8H2,1-2H3;11-12H,3-10H2,1-2H3;3-7,11H,8-10H2,1-2H3;3-7,11H,8-10H2,1-2H3;10-11H,3-9H2,1-2H3;3-7,10H,8-9H2,1-2H3. The highest BCUT2D eigenvalue weighted by molar-refractivity contribution is 5.72. The lowest BCUT2D eigenvalue weighted by Gasteiger charge is -2.22. The van der Waals surface area contributed by atoms with Crippen molar-refractivity contribution in [3.05, 3.63) is 191 Å². The number of hydrogen-bond donors (Lipinski definition) is 0. The van der Waals surface area contributed by atoms with Gasteiger partial charge in [-0.15, -0.1) is 0 Å². The number of halogens is 6. The van der Waals surface area contributed by atoms with Gasteiger partial charge in [-0.2, -0.15) is 26.3 Å². The molecular weight excluding hydrogens is 1650 g/mol. The van der Waals surface area contributed by atoms with Gasteiger partial charge in [0, 0.05) is 59.5 Å². The first kappa shape index (κ1) is 118. The van der Waals surface area contributed by atoms with Crippen LogP contribution >= 0.6 is 0 Å². The SMILES string of the molecule is CC(C)COCC1CCCCC1.CC(C)COCCOC(=O)C1CCCCC1.CC(C)COCCOc1c(C(C)C)cccc1C(C)C.CC(C)COCCOc1c(C(F)(F)F)cccc1C(F)(F)F.CC(C)COCCOc1ccc(C2CCCCC2)cc1.CC(C)COCCOc1ccccc1.CC(C)COCCc1ccccc1.CC(C)COCc1ccccc1. The minimum Gasteiger partial charge on any atom is -0.491 e. The number of alkyl halides is 6. The third kappa shape index (κ3) is 62.4. The summed E-state index contributed by atoms with van der Waals surface area (Å²) < 4.78 is 148. The maximum Gasteiger partial charge on any atom is 0.419 e. The van der Waals surface area contributed by atoms with Gasteiger partial charge in [0.25, 0.3) is 0 Å². The maximum atomic E-state index is 12.8. The molecule has 3 fully saturated rings. The fraction of sp³-hybridized carbons (Fsp3) is 0.661. The van der Waals surface area contributed by atoms with Gasteiger partial charge >= 0.3 is 18.3 Å². The molecule has 3 saturated carbocycles. The molecule has 6 aromatic rings. The number of rotatable bonds is 46. The fourth-order valence-electron chi connectivity index (χ4n) is 13.6. The van der Waals surface area contributed by atoms with Crippen molar-refractivity contribution in [3.63, 3.8) is 0 Å². The highest BCUT2D eigenvalue weighted by Gasteiger charge is 2.42. The van der Waals surface area contributed by atoms with Crippen molar-refractivity contribution in [1.29, 1.82) is 0 Å². The van der Waals surface area contributed by atoms with Crippen molar-refractivity contribution in [2.75, 3.05) is 132 Å². The van der Waals surface area contributed by atoms with E-state index in [1.54, 1.807) is 0 Å². The number of benzene rings is 6. The molecule has 0 atom stereocenters. The zero-order valence-corrected chi connectivity index (χ0v) is 83.1. The number of carbonyl (C=O) groups excluding carboxylic acids is 1. The highest BCUT2D eigenvalue weighted by Crippen LogP contribution is 2.44. The minimum absolute atomic E-state index is 0.0205. The van der Waals surface area contributed by atoms with E-state index in [0.717, 1.165) is 114 Å². The Balaban J connectivity index is 0.000000504. The average Bonchev–Trinajstić information content (AvgIpc) is 0.789. The van der Waals surface area contributed by atoms with E-state index in [-0.39, 0.29) is 24.4 Å². The van der Waals surface area contributed by atoms with Crippen molar-refractivity contribution < 1.29 is 92.7 Å². The summed E-state index contributed by atoms with van der Waals surface area (Å²) in [6.07, 6.45) is 10.7. The second-order valence-electron chi connectivity index (χ2n) is 37.7. The number of ether oxygens (including phenoxy) is 13. The Labute approximate surface area is 777 Å². The van der Waals surface area contributed by atoms with Gasteiger partial charge in [-0.25, -0.2) is 0 Å². The molecule has 0 amide bonds. The van der Waals surface area contributed by atoms with E-state index >= 15 is 0 Å². The van der Waals surface area contributed by atoms with Crippen LogP contribution in [0.4, 0.5) is 26.3 Å². The zero-order valence-electron chi connectivity index (χ0n) is 83.1. The lowest BCUT2D eigenvalue weighted by molar-refractivity contribution is -0.151. The molecule has 20 heteroatoms. The van der Waals surface area contributed by atoms with Crippen molar-refractivity contribution in [1.82, 2.24) is 0 Å². The lowest BCUT2D eigenvalue weighted by Crippen LogP contribution is -2.22. The molecule has 0 saturated heterocycles. The summed E-state index contributed by atoms with van der Waals surface area (Å²) in [6.45, 7) is 55.8. The van der Waals surface area contributed by atoms with Crippen molar-refractivity contribution in [2.45, 2.75) is 278 Å². The highest BCUT2D eigenvalue weighted by atomic mass is 19.4. The van der Waals surface area contributed by atoms with E-state index < -0.39 is 35.8 Å². The summed E-state index contributed by atoms with van der Waals surface area (Å²) in [4.78, 5) is 11.6. The van der Waals surface area contributed by atoms with Crippen LogP contribution in [0.3, 0.4) is 0 Å². The van der Waals surface area contributed by atoms with Crippen LogP contribution < -0.4 is 18.9 Å². The maximum absolute atomic E-state index is 12.8. The summed E-state index contributed by atoms with van der Waals surface area (Å²) in [5.74, 6) is 8.86. The molecule has 9 rings (SSSR count). The van der Waals surface area contributed by atoms with Gasteiger partial charge in [0.2, 0.25) is 0 Å². The molecular formula is C109H172F6O14. The third-order valence-corrected chi connectivity index (χ3v) is 20.2. The number of para-hydroxylation sites is 3. The van der Waals surface area contributed by atoms with Crippen LogP contribution in [0.5, 0.6) is 23.0 Å². The van der Waals surface area contributed by atoms with E-state index in [9.17, 15) is 31.1 Å². The fourth-order valence-corrected chi connectivity index (χ4v) is 13.6. The molecule has 0 aliphatic heterocycles. The lowest BCUT2D eigenvalue weighted by atomic mass is 9.84. The largest absolute Gasteiger partial charge is 0.491 e. The summed E-state index contributed by atoms with van der Waals surface area (Å²) >= 11 is 0.